The second-order valence-electron chi connectivity index (χ2n) is 5.25. The predicted molar refractivity (Wildman–Crippen MR) is 83.0 cm³/mol. The SMILES string of the molecule is COc1cccc(CN(C)S(=O)(=O)c2ccc(F)c(C(F)(F)F)c2)c1. The van der Waals surface area contributed by atoms with Gasteiger partial charge < -0.3 is 4.74 Å². The van der Waals surface area contributed by atoms with Crippen LogP contribution < -0.4 is 4.74 Å². The first-order chi connectivity index (χ1) is 11.6. The molecule has 0 atom stereocenters. The molecule has 0 radical (unpaired) electrons. The zero-order valence-corrected chi connectivity index (χ0v) is 14.2. The van der Waals surface area contributed by atoms with Crippen LogP contribution in [0.5, 0.6) is 5.75 Å². The standard InChI is InChI=1S/C16H15F4NO3S/c1-21(10-11-4-3-5-12(8-11)24-2)25(22,23)13-6-7-15(17)14(9-13)16(18,19)20/h3-9H,10H2,1-2H3. The molecule has 0 bridgehead atoms. The van der Waals surface area contributed by atoms with Gasteiger partial charge in [0.15, 0.2) is 0 Å². The number of hydrogen-bond acceptors (Lipinski definition) is 3. The lowest BCUT2D eigenvalue weighted by atomic mass is 10.2. The number of methoxy groups -OCH3 is 1. The number of benzene rings is 2. The third-order valence-corrected chi connectivity index (χ3v) is 5.29. The lowest BCUT2D eigenvalue weighted by molar-refractivity contribution is -0.140. The molecule has 0 N–H and O–H groups in total. The normalized spacial score (nSPS) is 12.4. The number of alkyl halides is 3. The Balaban J connectivity index is 2.34. The molecule has 9 heteroatoms. The van der Waals surface area contributed by atoms with E-state index < -0.39 is 32.5 Å². The van der Waals surface area contributed by atoms with Crippen molar-refractivity contribution in [3.05, 3.63) is 59.4 Å². The van der Waals surface area contributed by atoms with Gasteiger partial charge in [-0.2, -0.15) is 17.5 Å². The van der Waals surface area contributed by atoms with Gasteiger partial charge in [0.25, 0.3) is 0 Å². The molecule has 0 aliphatic heterocycles. The van der Waals surface area contributed by atoms with E-state index in [9.17, 15) is 26.0 Å². The second kappa shape index (κ2) is 7.01. The summed E-state index contributed by atoms with van der Waals surface area (Å²) in [6.07, 6.45) is -4.99. The van der Waals surface area contributed by atoms with Gasteiger partial charge >= 0.3 is 6.18 Å². The summed E-state index contributed by atoms with van der Waals surface area (Å²) in [5, 5.41) is 0. The van der Waals surface area contributed by atoms with E-state index in [2.05, 4.69) is 0 Å². The summed E-state index contributed by atoms with van der Waals surface area (Å²) in [5.74, 6) is -1.01. The Bertz CT molecular complexity index is 866. The first kappa shape index (κ1) is 19.2. The Morgan fingerprint density at radius 2 is 1.80 bits per heavy atom. The van der Waals surface area contributed by atoms with E-state index in [1.54, 1.807) is 24.3 Å². The van der Waals surface area contributed by atoms with Crippen LogP contribution in [-0.4, -0.2) is 26.9 Å². The number of rotatable bonds is 5. The Kier molecular flexibility index (Phi) is 5.38. The highest BCUT2D eigenvalue weighted by atomic mass is 32.2. The lowest BCUT2D eigenvalue weighted by Crippen LogP contribution is -2.27. The van der Waals surface area contributed by atoms with Gasteiger partial charge in [-0.1, -0.05) is 12.1 Å². The number of ether oxygens (including phenoxy) is 1. The fourth-order valence-corrected chi connectivity index (χ4v) is 3.36. The quantitative estimate of drug-likeness (QED) is 0.747. The van der Waals surface area contributed by atoms with Crippen molar-refractivity contribution in [3.63, 3.8) is 0 Å². The summed E-state index contributed by atoms with van der Waals surface area (Å²) < 4.78 is 82.6. The highest BCUT2D eigenvalue weighted by Gasteiger charge is 2.35. The van der Waals surface area contributed by atoms with Crippen molar-refractivity contribution >= 4 is 10.0 Å². The first-order valence-electron chi connectivity index (χ1n) is 7.01. The maximum atomic E-state index is 13.3. The summed E-state index contributed by atoms with van der Waals surface area (Å²) in [6.45, 7) is -0.0851. The molecule has 0 spiro atoms. The molecule has 0 saturated heterocycles. The predicted octanol–water partition coefficient (Wildman–Crippen LogP) is 3.67. The molecule has 0 aliphatic carbocycles. The zero-order valence-electron chi connectivity index (χ0n) is 13.3. The van der Waals surface area contributed by atoms with Gasteiger partial charge in [-0.3, -0.25) is 0 Å². The van der Waals surface area contributed by atoms with Crippen molar-refractivity contribution in [2.75, 3.05) is 14.2 Å². The van der Waals surface area contributed by atoms with Crippen LogP contribution in [0.15, 0.2) is 47.4 Å². The molecular formula is C16H15F4NO3S. The molecule has 0 amide bonds. The van der Waals surface area contributed by atoms with Crippen molar-refractivity contribution in [1.29, 1.82) is 0 Å². The van der Waals surface area contributed by atoms with Crippen LogP contribution in [0.1, 0.15) is 11.1 Å². The monoisotopic (exact) mass is 377 g/mol. The molecule has 0 unspecified atom stereocenters. The fraction of sp³-hybridized carbons (Fsp3) is 0.250. The van der Waals surface area contributed by atoms with Crippen LogP contribution in [0.3, 0.4) is 0 Å². The van der Waals surface area contributed by atoms with Gasteiger partial charge in [0.2, 0.25) is 10.0 Å². The summed E-state index contributed by atoms with van der Waals surface area (Å²) >= 11 is 0. The van der Waals surface area contributed by atoms with Gasteiger partial charge in [0.1, 0.15) is 11.6 Å². The molecule has 25 heavy (non-hydrogen) atoms. The zero-order chi connectivity index (χ0) is 18.8. The highest BCUT2D eigenvalue weighted by Crippen LogP contribution is 2.33. The fourth-order valence-electron chi connectivity index (χ4n) is 2.17. The average molecular weight is 377 g/mol. The number of sulfonamides is 1. The summed E-state index contributed by atoms with van der Waals surface area (Å²) in [5.41, 5.74) is -1.04. The molecule has 0 aromatic heterocycles. The number of hydrogen-bond donors (Lipinski definition) is 0. The van der Waals surface area contributed by atoms with Crippen molar-refractivity contribution in [3.8, 4) is 5.75 Å². The molecule has 136 valence electrons. The van der Waals surface area contributed by atoms with E-state index in [0.29, 0.717) is 23.4 Å². The van der Waals surface area contributed by atoms with E-state index >= 15 is 0 Å². The maximum absolute atomic E-state index is 13.3. The number of nitrogens with zero attached hydrogens (tertiary/aromatic N) is 1. The summed E-state index contributed by atoms with van der Waals surface area (Å²) in [7, 11) is -1.55. The van der Waals surface area contributed by atoms with Gasteiger partial charge in [-0.15, -0.1) is 0 Å². The minimum atomic E-state index is -4.99. The maximum Gasteiger partial charge on any atom is 0.419 e. The molecule has 0 aliphatic rings. The van der Waals surface area contributed by atoms with Crippen molar-refractivity contribution < 1.29 is 30.7 Å². The smallest absolute Gasteiger partial charge is 0.419 e. The first-order valence-corrected chi connectivity index (χ1v) is 8.45. The molecule has 2 aromatic rings. The van der Waals surface area contributed by atoms with E-state index in [1.165, 1.54) is 14.2 Å². The van der Waals surface area contributed by atoms with Gasteiger partial charge in [0.05, 0.1) is 17.6 Å². The molecule has 0 fully saturated rings. The number of halogens is 4. The molecule has 2 aromatic carbocycles. The largest absolute Gasteiger partial charge is 0.497 e. The summed E-state index contributed by atoms with van der Waals surface area (Å²) in [6, 6.07) is 8.20. The van der Waals surface area contributed by atoms with Crippen molar-refractivity contribution in [2.45, 2.75) is 17.6 Å². The molecule has 4 nitrogen and oxygen atoms in total. The Hall–Kier alpha value is -2.13. The van der Waals surface area contributed by atoms with Crippen LogP contribution in [-0.2, 0) is 22.7 Å². The summed E-state index contributed by atoms with van der Waals surface area (Å²) in [4.78, 5) is -0.633. The van der Waals surface area contributed by atoms with E-state index in [4.69, 9.17) is 4.74 Å². The van der Waals surface area contributed by atoms with Gasteiger partial charge in [0, 0.05) is 13.6 Å². The van der Waals surface area contributed by atoms with Crippen LogP contribution in [0.25, 0.3) is 0 Å². The Morgan fingerprint density at radius 3 is 2.40 bits per heavy atom. The minimum Gasteiger partial charge on any atom is -0.497 e. The van der Waals surface area contributed by atoms with E-state index in [0.717, 1.165) is 10.4 Å². The van der Waals surface area contributed by atoms with E-state index in [-0.39, 0.29) is 6.54 Å². The lowest BCUT2D eigenvalue weighted by Gasteiger charge is -2.18. The third kappa shape index (κ3) is 4.29. The molecule has 0 saturated carbocycles. The molecule has 2 rings (SSSR count). The second-order valence-corrected chi connectivity index (χ2v) is 7.30. The van der Waals surface area contributed by atoms with Gasteiger partial charge in [-0.05, 0) is 35.9 Å². The minimum absolute atomic E-state index is 0.0851. The Labute approximate surface area is 142 Å². The molecular weight excluding hydrogens is 362 g/mol. The van der Waals surface area contributed by atoms with Gasteiger partial charge in [-0.25, -0.2) is 12.8 Å². The van der Waals surface area contributed by atoms with Crippen LogP contribution >= 0.6 is 0 Å². The Morgan fingerprint density at radius 1 is 1.12 bits per heavy atom. The average Bonchev–Trinajstić information content (AvgIpc) is 2.54. The van der Waals surface area contributed by atoms with Crippen molar-refractivity contribution in [1.82, 2.24) is 4.31 Å². The van der Waals surface area contributed by atoms with Crippen LogP contribution in [0, 0.1) is 5.82 Å². The van der Waals surface area contributed by atoms with Crippen molar-refractivity contribution in [2.24, 2.45) is 0 Å². The van der Waals surface area contributed by atoms with E-state index in [1.807, 2.05) is 0 Å². The van der Waals surface area contributed by atoms with Crippen LogP contribution in [0.2, 0.25) is 0 Å². The molecule has 0 heterocycles. The highest BCUT2D eigenvalue weighted by molar-refractivity contribution is 7.89. The third-order valence-electron chi connectivity index (χ3n) is 3.49. The van der Waals surface area contributed by atoms with Crippen LogP contribution in [0.4, 0.5) is 17.6 Å². The topological polar surface area (TPSA) is 46.6 Å².